The van der Waals surface area contributed by atoms with E-state index in [9.17, 15) is 89.1 Å². The highest BCUT2D eigenvalue weighted by Gasteiger charge is 2.46. The summed E-state index contributed by atoms with van der Waals surface area (Å²) in [6.45, 7) is 13.1. The minimum absolute atomic E-state index is 0.000500. The third-order valence-electron chi connectivity index (χ3n) is 23.9. The minimum Gasteiger partial charge on any atom is -0.450 e. The first kappa shape index (κ1) is 117. The highest BCUT2D eigenvalue weighted by molar-refractivity contribution is 8.77. The summed E-state index contributed by atoms with van der Waals surface area (Å²) in [6.07, 6.45) is 2.99. The van der Waals surface area contributed by atoms with Crippen LogP contribution in [0.1, 0.15) is 247 Å². The zero-order valence-electron chi connectivity index (χ0n) is 78.5. The van der Waals surface area contributed by atoms with Crippen LogP contribution in [0.5, 0.6) is 0 Å². The van der Waals surface area contributed by atoms with Crippen LogP contribution in [0, 0.1) is 23.2 Å². The number of aliphatic hydroxyl groups is 9. The van der Waals surface area contributed by atoms with Gasteiger partial charge in [-0.25, -0.2) is 14.4 Å². The molecule has 17 atom stereocenters. The Morgan fingerprint density at radius 2 is 0.777 bits per heavy atom. The molecule has 7 amide bonds. The molecule has 0 bridgehead atoms. The third kappa shape index (κ3) is 49.6. The molecule has 4 heterocycles. The van der Waals surface area contributed by atoms with E-state index in [1.807, 2.05) is 4.90 Å². The number of carbonyl (C=O) groups excluding carboxylic acids is 9. The van der Waals surface area contributed by atoms with E-state index in [0.29, 0.717) is 187 Å². The standard InChI is InChI=1S/C90H163N7O31S2/c1-63-77(107)80(110)70(59-98)126-83(63)120-45-22-29-73(103)91-39-16-8-11-19-42-94-86(113)123-48-25-35-90(36-26-49-124-87(114)95-43-20-12-9-17-40-92-74(104)30-23-46-121-84-64(2)78(108)81(111)71(60-99)127-84,37-27-50-125-88(115)96-44-21-13-10-18-41-93-75(105)31-24-47-122-85-65(3)79(109)82(112)72(61-100)128-85)57-68(102)34-51-118-52-53-119-54-55-129-130-89(4,5)38-33-67(101)28-14-15-32-76(106)97-58-69(117-7)56-66(97)62-116-6/h63-66,69-72,77-85,98-100,107-112H,8-62H2,1-7H3,(H,91,103)(H,92,104)(H,93,105)(H,94,113)(H,95,114)(H,96,115)/t63?,64?,65?,66-,69+,70?,71?,72?,77?,78?,79?,80?,81?,82?,83?,84?,85?,90?/m1/s1. The number of amides is 7. The number of aliphatic hydroxyl groups excluding tert-OH is 9. The normalized spacial score (nSPS) is 24.5. The molecule has 0 aliphatic carbocycles. The van der Waals surface area contributed by atoms with Crippen molar-refractivity contribution in [2.24, 2.45) is 23.2 Å². The molecule has 15 unspecified atom stereocenters. The van der Waals surface area contributed by atoms with Crippen molar-refractivity contribution in [3.63, 3.8) is 0 Å². The number of ether oxygens (including phenoxy) is 13. The number of hydrogen-bond acceptors (Lipinski definition) is 33. The van der Waals surface area contributed by atoms with E-state index in [1.54, 1.807) is 56.6 Å². The van der Waals surface area contributed by atoms with Crippen LogP contribution < -0.4 is 31.9 Å². The Hall–Kier alpha value is -5.03. The molecule has 0 saturated carbocycles. The predicted molar refractivity (Wildman–Crippen MR) is 484 cm³/mol. The van der Waals surface area contributed by atoms with Gasteiger partial charge in [-0.15, -0.1) is 0 Å². The van der Waals surface area contributed by atoms with Gasteiger partial charge in [0.25, 0.3) is 0 Å². The first-order valence-corrected chi connectivity index (χ1v) is 49.9. The second-order valence-electron chi connectivity index (χ2n) is 35.3. The maximum Gasteiger partial charge on any atom is 0.407 e. The van der Waals surface area contributed by atoms with Crippen LogP contribution in [0.15, 0.2) is 0 Å². The van der Waals surface area contributed by atoms with Crippen LogP contribution in [0.4, 0.5) is 14.4 Å². The van der Waals surface area contributed by atoms with Crippen LogP contribution >= 0.6 is 21.6 Å². The van der Waals surface area contributed by atoms with E-state index >= 15 is 0 Å². The molecule has 4 fully saturated rings. The van der Waals surface area contributed by atoms with Gasteiger partial charge in [0.15, 0.2) is 18.9 Å². The minimum atomic E-state index is -1.23. The third-order valence-corrected chi connectivity index (χ3v) is 27.3. The molecule has 130 heavy (non-hydrogen) atoms. The molecule has 0 aromatic heterocycles. The summed E-state index contributed by atoms with van der Waals surface area (Å²) < 4.78 is 73.4. The Bertz CT molecular complexity index is 2870. The fourth-order valence-electron chi connectivity index (χ4n) is 15.8. The molecule has 0 aromatic rings. The SMILES string of the molecule is COC[C@H]1C[C@H](OC)CN1C(=O)CCCCC(=O)CCC(C)(C)SSCCOCCOCCC(=O)CC(CCCOC(=O)NCCCCCCNC(=O)CCCOC1OC(CO)C(O)C(O)C1C)(CCCOC(=O)NCCCCCCNC(=O)CCCOC1OC(CO)C(O)C(O)C1C)CCCOC(=O)NCCCCCCNC(=O)CCCOC1OC(CO)C(O)C(O)C1C. The van der Waals surface area contributed by atoms with E-state index in [2.05, 4.69) is 45.7 Å². The first-order chi connectivity index (χ1) is 62.5. The Labute approximate surface area is 777 Å². The molecule has 15 N–H and O–H groups in total. The van der Waals surface area contributed by atoms with Crippen molar-refractivity contribution >= 4 is 75.1 Å². The van der Waals surface area contributed by atoms with Crippen molar-refractivity contribution in [2.75, 3.05) is 158 Å². The van der Waals surface area contributed by atoms with E-state index in [-0.39, 0.29) is 137 Å². The van der Waals surface area contributed by atoms with Gasteiger partial charge in [-0.3, -0.25) is 28.8 Å². The van der Waals surface area contributed by atoms with E-state index in [0.717, 1.165) is 64.2 Å². The monoisotopic (exact) mass is 1900 g/mol. The van der Waals surface area contributed by atoms with Crippen molar-refractivity contribution in [1.29, 1.82) is 0 Å². The van der Waals surface area contributed by atoms with Crippen molar-refractivity contribution in [3.05, 3.63) is 0 Å². The number of nitrogens with zero attached hydrogens (tertiary/aromatic N) is 1. The summed E-state index contributed by atoms with van der Waals surface area (Å²) in [5.74, 6) is -1.16. The molecular weight excluding hydrogens is 1740 g/mol. The van der Waals surface area contributed by atoms with Gasteiger partial charge in [0, 0.05) is 140 Å². The van der Waals surface area contributed by atoms with Gasteiger partial charge >= 0.3 is 18.3 Å². The van der Waals surface area contributed by atoms with Crippen molar-refractivity contribution in [3.8, 4) is 0 Å². The second kappa shape index (κ2) is 69.7. The summed E-state index contributed by atoms with van der Waals surface area (Å²) in [7, 11) is 6.67. The number of Topliss-reactive ketones (excluding diaryl/α,β-unsaturated/α-hetero) is 2. The largest absolute Gasteiger partial charge is 0.450 e. The van der Waals surface area contributed by atoms with Crippen LogP contribution in [0.2, 0.25) is 0 Å². The van der Waals surface area contributed by atoms with Gasteiger partial charge in [-0.1, -0.05) is 80.9 Å². The number of unbranched alkanes of at least 4 members (excludes halogenated alkanes) is 10. The van der Waals surface area contributed by atoms with Crippen LogP contribution in [-0.4, -0.2) is 353 Å². The molecule has 4 saturated heterocycles. The number of likely N-dealkylation sites (tertiary alicyclic amines) is 1. The average molecular weight is 1900 g/mol. The quantitative estimate of drug-likeness (QED) is 0.0193. The summed E-state index contributed by atoms with van der Waals surface area (Å²) in [5, 5.41) is 107. The summed E-state index contributed by atoms with van der Waals surface area (Å²) in [6, 6.07) is 0.000500. The van der Waals surface area contributed by atoms with Crippen molar-refractivity contribution < 1.29 is 151 Å². The number of carbonyl (C=O) groups is 9. The average Bonchev–Trinajstić information content (AvgIpc) is 0.931. The number of alkyl carbamates (subject to hydrolysis) is 3. The van der Waals surface area contributed by atoms with Gasteiger partial charge in [0.2, 0.25) is 23.6 Å². The van der Waals surface area contributed by atoms with Gasteiger partial charge in [-0.05, 0) is 141 Å². The lowest BCUT2D eigenvalue weighted by Crippen LogP contribution is -2.55. The highest BCUT2D eigenvalue weighted by atomic mass is 33.1. The molecule has 4 aliphatic heterocycles. The topological polar surface area (TPSA) is 531 Å². The van der Waals surface area contributed by atoms with E-state index in [1.165, 1.54) is 0 Å². The molecule has 4 aliphatic rings. The maximum atomic E-state index is 14.2. The molecule has 0 radical (unpaired) electrons. The van der Waals surface area contributed by atoms with Gasteiger partial charge < -0.3 is 144 Å². The lowest BCUT2D eigenvalue weighted by molar-refractivity contribution is -0.282. The lowest BCUT2D eigenvalue weighted by Gasteiger charge is -2.40. The van der Waals surface area contributed by atoms with E-state index in [4.69, 9.17) is 61.6 Å². The van der Waals surface area contributed by atoms with Crippen LogP contribution in [0.25, 0.3) is 0 Å². The number of rotatable bonds is 75. The Morgan fingerprint density at radius 3 is 1.15 bits per heavy atom. The van der Waals surface area contributed by atoms with Gasteiger partial charge in [-0.2, -0.15) is 0 Å². The van der Waals surface area contributed by atoms with E-state index < -0.39 is 135 Å². The summed E-state index contributed by atoms with van der Waals surface area (Å²) in [5.41, 5.74) is -0.724. The molecule has 38 nitrogen and oxygen atoms in total. The highest BCUT2D eigenvalue weighted by Crippen LogP contribution is 2.41. The van der Waals surface area contributed by atoms with Crippen molar-refractivity contribution in [2.45, 2.75) is 337 Å². The smallest absolute Gasteiger partial charge is 0.407 e. The summed E-state index contributed by atoms with van der Waals surface area (Å²) in [4.78, 5) is 119. The van der Waals surface area contributed by atoms with Gasteiger partial charge in [0.1, 0.15) is 48.2 Å². The second-order valence-corrected chi connectivity index (χ2v) is 38.4. The number of nitrogens with one attached hydrogen (secondary N) is 6. The predicted octanol–water partition coefficient (Wildman–Crippen LogP) is 5.85. The molecule has 4 rings (SSSR count). The molecular formula is C90H163N7O31S2. The molecule has 0 spiro atoms. The van der Waals surface area contributed by atoms with Gasteiger partial charge in [0.05, 0.1) is 123 Å². The Kier molecular flexibility index (Phi) is 62.9. The number of ketones is 2. The van der Waals surface area contributed by atoms with Crippen LogP contribution in [-0.2, 0) is 90.3 Å². The maximum absolute atomic E-state index is 14.2. The first-order valence-electron chi connectivity index (χ1n) is 47.6. The number of methoxy groups -OCH3 is 2. The Balaban J connectivity index is 1.25. The summed E-state index contributed by atoms with van der Waals surface area (Å²) >= 11 is 0. The molecule has 0 aromatic carbocycles. The molecule has 756 valence electrons. The zero-order valence-corrected chi connectivity index (χ0v) is 80.1. The fourth-order valence-corrected chi connectivity index (χ4v) is 18.3. The Morgan fingerprint density at radius 1 is 0.400 bits per heavy atom. The fraction of sp³-hybridized carbons (Fsp3) is 0.900. The number of hydrogen-bond donors (Lipinski definition) is 15. The molecule has 40 heteroatoms. The van der Waals surface area contributed by atoms with Crippen LogP contribution in [0.3, 0.4) is 0 Å². The lowest BCUT2D eigenvalue weighted by atomic mass is 9.71. The van der Waals surface area contributed by atoms with Crippen molar-refractivity contribution in [1.82, 2.24) is 36.8 Å². The zero-order chi connectivity index (χ0) is 95.3.